The van der Waals surface area contributed by atoms with Gasteiger partial charge >= 0.3 is 0 Å². The van der Waals surface area contributed by atoms with E-state index in [1.54, 1.807) is 0 Å². The van der Waals surface area contributed by atoms with E-state index in [1.807, 2.05) is 13.1 Å². The Morgan fingerprint density at radius 1 is 1.33 bits per heavy atom. The molecule has 1 heterocycles. The molecule has 3 rings (SSSR count). The largest absolute Gasteiger partial charge is 0.486 e. The molecule has 0 fully saturated rings. The average Bonchev–Trinajstić information content (AvgIpc) is 2.78. The van der Waals surface area contributed by atoms with Crippen molar-refractivity contribution >= 4 is 11.3 Å². The third kappa shape index (κ3) is 1.82. The molecular weight excluding hydrogens is 244 g/mol. The predicted octanol–water partition coefficient (Wildman–Crippen LogP) is 2.45. The summed E-state index contributed by atoms with van der Waals surface area (Å²) in [6, 6.07) is 10.5. The molecule has 1 unspecified atom stereocenters. The predicted molar refractivity (Wildman–Crippen MR) is 73.0 cm³/mol. The molecule has 0 radical (unpaired) electrons. The van der Waals surface area contributed by atoms with Gasteiger partial charge in [-0.15, -0.1) is 0 Å². The summed E-state index contributed by atoms with van der Waals surface area (Å²) in [4.78, 5) is 5.40. The van der Waals surface area contributed by atoms with Crippen molar-refractivity contribution in [1.29, 1.82) is 0 Å². The lowest BCUT2D eigenvalue weighted by molar-refractivity contribution is 0.315. The number of hydrogen-bond acceptors (Lipinski definition) is 4. The van der Waals surface area contributed by atoms with Gasteiger partial charge in [-0.05, 0) is 25.5 Å². The Bertz CT molecular complexity index is 552. The van der Waals surface area contributed by atoms with Gasteiger partial charge in [0.1, 0.15) is 0 Å². The van der Waals surface area contributed by atoms with Gasteiger partial charge in [0, 0.05) is 16.8 Å². The van der Waals surface area contributed by atoms with Gasteiger partial charge in [-0.3, -0.25) is 0 Å². The average molecular weight is 260 g/mol. The minimum absolute atomic E-state index is 0.0206. The van der Waals surface area contributed by atoms with Crippen molar-refractivity contribution in [3.05, 3.63) is 46.5 Å². The lowest BCUT2D eigenvalue weighted by Crippen LogP contribution is -2.44. The summed E-state index contributed by atoms with van der Waals surface area (Å²) < 4.78 is 0. The van der Waals surface area contributed by atoms with E-state index in [0.717, 1.165) is 25.0 Å². The SMILES string of the molecule is CNC1(c2ccccc2)CCc2nc(O)sc2C1. The molecule has 1 aromatic carbocycles. The van der Waals surface area contributed by atoms with E-state index >= 15 is 0 Å². The number of nitrogens with one attached hydrogen (secondary N) is 1. The van der Waals surface area contributed by atoms with Crippen LogP contribution in [0.3, 0.4) is 0 Å². The molecule has 0 saturated carbocycles. The van der Waals surface area contributed by atoms with Crippen LogP contribution in [0.25, 0.3) is 0 Å². The van der Waals surface area contributed by atoms with Crippen molar-refractivity contribution in [2.45, 2.75) is 24.8 Å². The van der Waals surface area contributed by atoms with Gasteiger partial charge in [-0.2, -0.15) is 0 Å². The van der Waals surface area contributed by atoms with Crippen LogP contribution in [0, 0.1) is 0 Å². The van der Waals surface area contributed by atoms with Gasteiger partial charge in [0.25, 0.3) is 5.19 Å². The number of aromatic nitrogens is 1. The number of thiazole rings is 1. The minimum Gasteiger partial charge on any atom is -0.486 e. The van der Waals surface area contributed by atoms with Crippen molar-refractivity contribution in [2.75, 3.05) is 7.05 Å². The molecule has 0 saturated heterocycles. The number of rotatable bonds is 2. The number of likely N-dealkylation sites (N-methyl/N-ethyl adjacent to an activating group) is 1. The van der Waals surface area contributed by atoms with E-state index in [4.69, 9.17) is 0 Å². The highest BCUT2D eigenvalue weighted by atomic mass is 32.1. The molecule has 94 valence electrons. The number of aryl methyl sites for hydroxylation is 1. The first-order chi connectivity index (χ1) is 8.73. The number of aromatic hydroxyl groups is 1. The zero-order chi connectivity index (χ0) is 12.6. The fourth-order valence-electron chi connectivity index (χ4n) is 2.76. The maximum Gasteiger partial charge on any atom is 0.271 e. The second-order valence-corrected chi connectivity index (χ2v) is 5.80. The fraction of sp³-hybridized carbons (Fsp3) is 0.357. The Labute approximate surface area is 111 Å². The van der Waals surface area contributed by atoms with Gasteiger partial charge < -0.3 is 10.4 Å². The zero-order valence-corrected chi connectivity index (χ0v) is 11.1. The molecule has 0 spiro atoms. The van der Waals surface area contributed by atoms with Crippen molar-refractivity contribution in [1.82, 2.24) is 10.3 Å². The van der Waals surface area contributed by atoms with Crippen LogP contribution >= 0.6 is 11.3 Å². The monoisotopic (exact) mass is 260 g/mol. The van der Waals surface area contributed by atoms with E-state index in [2.05, 4.69) is 34.6 Å². The summed E-state index contributed by atoms with van der Waals surface area (Å²) in [6.07, 6.45) is 2.84. The quantitative estimate of drug-likeness (QED) is 0.872. The smallest absolute Gasteiger partial charge is 0.271 e. The van der Waals surface area contributed by atoms with Crippen LogP contribution in [0.1, 0.15) is 22.6 Å². The maximum atomic E-state index is 9.52. The molecular formula is C14H16N2OS. The Morgan fingerprint density at radius 3 is 2.83 bits per heavy atom. The summed E-state index contributed by atoms with van der Waals surface area (Å²) in [7, 11) is 2.01. The second kappa shape index (κ2) is 4.37. The molecule has 18 heavy (non-hydrogen) atoms. The lowest BCUT2D eigenvalue weighted by Gasteiger charge is -2.37. The van der Waals surface area contributed by atoms with Crippen LogP contribution in [0.2, 0.25) is 0 Å². The molecule has 1 aliphatic carbocycles. The van der Waals surface area contributed by atoms with Gasteiger partial charge in [0.15, 0.2) is 0 Å². The summed E-state index contributed by atoms with van der Waals surface area (Å²) in [5.41, 5.74) is 2.36. The first kappa shape index (κ1) is 11.7. The molecule has 1 aliphatic rings. The first-order valence-corrected chi connectivity index (χ1v) is 6.97. The number of nitrogens with zero attached hydrogens (tertiary/aromatic N) is 1. The molecule has 0 amide bonds. The van der Waals surface area contributed by atoms with Crippen molar-refractivity contribution < 1.29 is 5.11 Å². The molecule has 1 aromatic heterocycles. The van der Waals surface area contributed by atoms with E-state index in [0.29, 0.717) is 0 Å². The number of benzene rings is 1. The van der Waals surface area contributed by atoms with Gasteiger partial charge in [0.05, 0.1) is 5.69 Å². The Balaban J connectivity index is 2.01. The van der Waals surface area contributed by atoms with Crippen molar-refractivity contribution in [3.8, 4) is 5.19 Å². The standard InChI is InChI=1S/C14H16N2OS/c1-15-14(10-5-3-2-4-6-10)8-7-11-12(9-14)18-13(17)16-11/h2-6,15H,7-9H2,1H3,(H,16,17). The molecule has 0 aliphatic heterocycles. The fourth-order valence-corrected chi connectivity index (χ4v) is 3.72. The maximum absolute atomic E-state index is 9.52. The molecule has 4 heteroatoms. The third-order valence-electron chi connectivity index (χ3n) is 3.82. The molecule has 0 bridgehead atoms. The Kier molecular flexibility index (Phi) is 2.84. The molecule has 2 aromatic rings. The van der Waals surface area contributed by atoms with Crippen LogP contribution in [0.5, 0.6) is 5.19 Å². The second-order valence-electron chi connectivity index (χ2n) is 4.74. The molecule has 3 nitrogen and oxygen atoms in total. The highest BCUT2D eigenvalue weighted by molar-refractivity contribution is 7.13. The van der Waals surface area contributed by atoms with Crippen LogP contribution in [0.4, 0.5) is 0 Å². The number of hydrogen-bond donors (Lipinski definition) is 2. The number of fused-ring (bicyclic) bond motifs is 1. The molecule has 2 N–H and O–H groups in total. The summed E-state index contributed by atoms with van der Waals surface area (Å²) in [6.45, 7) is 0. The van der Waals surface area contributed by atoms with E-state index in [1.165, 1.54) is 21.8 Å². The first-order valence-electron chi connectivity index (χ1n) is 6.15. The van der Waals surface area contributed by atoms with Gasteiger partial charge in [-0.1, -0.05) is 41.7 Å². The zero-order valence-electron chi connectivity index (χ0n) is 10.3. The summed E-state index contributed by atoms with van der Waals surface area (Å²) in [5.74, 6) is 0. The summed E-state index contributed by atoms with van der Waals surface area (Å²) >= 11 is 1.41. The minimum atomic E-state index is -0.0206. The van der Waals surface area contributed by atoms with Crippen molar-refractivity contribution in [3.63, 3.8) is 0 Å². The molecule has 1 atom stereocenters. The highest BCUT2D eigenvalue weighted by Crippen LogP contribution is 2.39. The van der Waals surface area contributed by atoms with Gasteiger partial charge in [-0.25, -0.2) is 4.98 Å². The third-order valence-corrected chi connectivity index (χ3v) is 4.72. The van der Waals surface area contributed by atoms with Crippen LogP contribution < -0.4 is 5.32 Å². The Hall–Kier alpha value is -1.39. The van der Waals surface area contributed by atoms with E-state index in [-0.39, 0.29) is 10.7 Å². The van der Waals surface area contributed by atoms with Crippen LogP contribution in [0.15, 0.2) is 30.3 Å². The lowest BCUT2D eigenvalue weighted by atomic mass is 9.78. The van der Waals surface area contributed by atoms with Gasteiger partial charge in [0.2, 0.25) is 0 Å². The van der Waals surface area contributed by atoms with E-state index in [9.17, 15) is 5.11 Å². The topological polar surface area (TPSA) is 45.2 Å². The van der Waals surface area contributed by atoms with Crippen LogP contribution in [-0.4, -0.2) is 17.1 Å². The van der Waals surface area contributed by atoms with E-state index < -0.39 is 0 Å². The van der Waals surface area contributed by atoms with Crippen LogP contribution in [-0.2, 0) is 18.4 Å². The summed E-state index contributed by atoms with van der Waals surface area (Å²) in [5, 5.41) is 13.2. The highest BCUT2D eigenvalue weighted by Gasteiger charge is 2.36. The normalized spacial score (nSPS) is 22.7. The van der Waals surface area contributed by atoms with Crippen molar-refractivity contribution in [2.24, 2.45) is 0 Å². The Morgan fingerprint density at radius 2 is 2.11 bits per heavy atom.